The van der Waals surface area contributed by atoms with Crippen LogP contribution in [0, 0.1) is 11.3 Å². The SMILES string of the molecule is C=CC(=O)N1CCN(c2nc(OC)nc3c2CCC2(C3)OCCc3ccccc32)CC1CC#N. The molecule has 8 heteroatoms. The summed E-state index contributed by atoms with van der Waals surface area (Å²) in [6.07, 6.45) is 4.82. The molecule has 8 nitrogen and oxygen atoms in total. The van der Waals surface area contributed by atoms with E-state index >= 15 is 0 Å². The number of hydrogen-bond acceptors (Lipinski definition) is 7. The zero-order chi connectivity index (χ0) is 23.7. The predicted molar refractivity (Wildman–Crippen MR) is 127 cm³/mol. The third-order valence-corrected chi connectivity index (χ3v) is 7.29. The molecule has 2 atom stereocenters. The second kappa shape index (κ2) is 9.07. The van der Waals surface area contributed by atoms with Crippen molar-refractivity contribution in [3.8, 4) is 12.1 Å². The lowest BCUT2D eigenvalue weighted by atomic mass is 9.75. The lowest BCUT2D eigenvalue weighted by Gasteiger charge is -2.44. The van der Waals surface area contributed by atoms with Crippen LogP contribution in [0.2, 0.25) is 0 Å². The Labute approximate surface area is 199 Å². The van der Waals surface area contributed by atoms with Gasteiger partial charge in [0.15, 0.2) is 0 Å². The molecule has 2 aliphatic heterocycles. The number of amides is 1. The third-order valence-electron chi connectivity index (χ3n) is 7.29. The molecule has 1 aliphatic carbocycles. The first-order valence-electron chi connectivity index (χ1n) is 11.8. The zero-order valence-electron chi connectivity index (χ0n) is 19.5. The molecule has 34 heavy (non-hydrogen) atoms. The van der Waals surface area contributed by atoms with Crippen LogP contribution in [0.25, 0.3) is 0 Å². The lowest BCUT2D eigenvalue weighted by Crippen LogP contribution is -2.55. The summed E-state index contributed by atoms with van der Waals surface area (Å²) < 4.78 is 11.9. The van der Waals surface area contributed by atoms with E-state index in [0.717, 1.165) is 36.3 Å². The van der Waals surface area contributed by atoms with E-state index in [1.54, 1.807) is 12.0 Å². The van der Waals surface area contributed by atoms with Gasteiger partial charge in [0.1, 0.15) is 5.82 Å². The van der Waals surface area contributed by atoms with E-state index in [4.69, 9.17) is 19.4 Å². The van der Waals surface area contributed by atoms with Gasteiger partial charge in [0.25, 0.3) is 0 Å². The second-order valence-electron chi connectivity index (χ2n) is 9.08. The fraction of sp³-hybridized carbons (Fsp3) is 0.462. The summed E-state index contributed by atoms with van der Waals surface area (Å²) in [5, 5.41) is 9.35. The first kappa shape index (κ1) is 22.4. The van der Waals surface area contributed by atoms with Gasteiger partial charge in [-0.2, -0.15) is 15.2 Å². The van der Waals surface area contributed by atoms with Crippen LogP contribution in [-0.2, 0) is 34.4 Å². The first-order valence-corrected chi connectivity index (χ1v) is 11.8. The molecule has 3 aliphatic rings. The third kappa shape index (κ3) is 3.80. The fourth-order valence-corrected chi connectivity index (χ4v) is 5.64. The largest absolute Gasteiger partial charge is 0.467 e. The summed E-state index contributed by atoms with van der Waals surface area (Å²) in [6, 6.07) is 10.9. The Morgan fingerprint density at radius 3 is 3.00 bits per heavy atom. The second-order valence-corrected chi connectivity index (χ2v) is 9.08. The summed E-state index contributed by atoms with van der Waals surface area (Å²) in [4.78, 5) is 25.7. The Balaban J connectivity index is 1.49. The molecule has 0 N–H and O–H groups in total. The molecule has 1 amide bonds. The van der Waals surface area contributed by atoms with E-state index in [-0.39, 0.29) is 24.0 Å². The quantitative estimate of drug-likeness (QED) is 0.649. The van der Waals surface area contributed by atoms with Gasteiger partial charge in [0.05, 0.1) is 43.5 Å². The number of ether oxygens (including phenoxy) is 2. The van der Waals surface area contributed by atoms with Gasteiger partial charge in [-0.15, -0.1) is 0 Å². The van der Waals surface area contributed by atoms with E-state index in [0.29, 0.717) is 38.7 Å². The molecule has 5 rings (SSSR count). The molecule has 1 aromatic heterocycles. The van der Waals surface area contributed by atoms with Crippen molar-refractivity contribution in [1.82, 2.24) is 14.9 Å². The molecule has 0 radical (unpaired) electrons. The highest BCUT2D eigenvalue weighted by Crippen LogP contribution is 2.45. The van der Waals surface area contributed by atoms with Gasteiger partial charge in [0, 0.05) is 31.6 Å². The van der Waals surface area contributed by atoms with E-state index < -0.39 is 0 Å². The van der Waals surface area contributed by atoms with Gasteiger partial charge in [-0.3, -0.25) is 4.79 Å². The number of carbonyl (C=O) groups excluding carboxylic acids is 1. The van der Waals surface area contributed by atoms with Crippen LogP contribution < -0.4 is 9.64 Å². The van der Waals surface area contributed by atoms with Crippen molar-refractivity contribution in [3.63, 3.8) is 0 Å². The number of carbonyl (C=O) groups is 1. The minimum absolute atomic E-state index is 0.141. The molecular formula is C26H29N5O3. The van der Waals surface area contributed by atoms with Crippen molar-refractivity contribution in [2.45, 2.75) is 43.7 Å². The number of anilines is 1. The Morgan fingerprint density at radius 1 is 1.35 bits per heavy atom. The van der Waals surface area contributed by atoms with E-state index in [2.05, 4.69) is 41.8 Å². The summed E-state index contributed by atoms with van der Waals surface area (Å²) in [5.41, 5.74) is 4.29. The number of piperazine rings is 1. The van der Waals surface area contributed by atoms with Crippen molar-refractivity contribution in [2.24, 2.45) is 0 Å². The van der Waals surface area contributed by atoms with Gasteiger partial charge >= 0.3 is 6.01 Å². The minimum atomic E-state index is -0.378. The average molecular weight is 460 g/mol. The zero-order valence-corrected chi connectivity index (χ0v) is 19.5. The number of nitriles is 1. The molecule has 1 fully saturated rings. The Hall–Kier alpha value is -3.44. The molecule has 1 spiro atoms. The van der Waals surface area contributed by atoms with Crippen molar-refractivity contribution in [2.75, 3.05) is 38.3 Å². The monoisotopic (exact) mass is 459 g/mol. The Bertz CT molecular complexity index is 1160. The number of fused-ring (bicyclic) bond motifs is 3. The maximum absolute atomic E-state index is 12.3. The van der Waals surface area contributed by atoms with Crippen LogP contribution in [0.5, 0.6) is 6.01 Å². The highest BCUT2D eigenvalue weighted by molar-refractivity contribution is 5.87. The van der Waals surface area contributed by atoms with Gasteiger partial charge in [-0.05, 0) is 36.5 Å². The number of rotatable bonds is 4. The molecule has 0 saturated carbocycles. The highest BCUT2D eigenvalue weighted by Gasteiger charge is 2.43. The van der Waals surface area contributed by atoms with Crippen molar-refractivity contribution in [1.29, 1.82) is 5.26 Å². The number of nitrogens with zero attached hydrogens (tertiary/aromatic N) is 5. The maximum Gasteiger partial charge on any atom is 0.318 e. The van der Waals surface area contributed by atoms with Crippen LogP contribution in [0.1, 0.15) is 35.2 Å². The number of aromatic nitrogens is 2. The molecule has 176 valence electrons. The van der Waals surface area contributed by atoms with Crippen LogP contribution in [0.15, 0.2) is 36.9 Å². The van der Waals surface area contributed by atoms with Crippen LogP contribution in [0.4, 0.5) is 5.82 Å². The number of hydrogen-bond donors (Lipinski definition) is 0. The van der Waals surface area contributed by atoms with Crippen LogP contribution in [-0.4, -0.2) is 60.2 Å². The molecular weight excluding hydrogens is 430 g/mol. The molecule has 1 aromatic carbocycles. The lowest BCUT2D eigenvalue weighted by molar-refractivity contribution is -0.128. The number of methoxy groups -OCH3 is 1. The number of benzene rings is 1. The van der Waals surface area contributed by atoms with E-state index in [1.165, 1.54) is 17.2 Å². The van der Waals surface area contributed by atoms with Crippen molar-refractivity contribution in [3.05, 3.63) is 59.3 Å². The normalized spacial score (nSPS) is 23.6. The van der Waals surface area contributed by atoms with Gasteiger partial charge in [-0.25, -0.2) is 0 Å². The summed E-state index contributed by atoms with van der Waals surface area (Å²) in [7, 11) is 1.58. The summed E-state index contributed by atoms with van der Waals surface area (Å²) in [6.45, 7) is 5.98. The molecule has 1 saturated heterocycles. The van der Waals surface area contributed by atoms with E-state index in [9.17, 15) is 10.1 Å². The van der Waals surface area contributed by atoms with Gasteiger partial charge in [-0.1, -0.05) is 30.8 Å². The summed E-state index contributed by atoms with van der Waals surface area (Å²) in [5.74, 6) is 0.701. The Kier molecular flexibility index (Phi) is 5.96. The Morgan fingerprint density at radius 2 is 2.21 bits per heavy atom. The molecule has 0 bridgehead atoms. The van der Waals surface area contributed by atoms with Crippen LogP contribution in [0.3, 0.4) is 0 Å². The van der Waals surface area contributed by atoms with Gasteiger partial charge < -0.3 is 19.3 Å². The standard InChI is InChI=1S/C26H29N5O3/c1-3-23(32)31-14-13-30(17-19(31)9-12-27)24-20-8-11-26(16-22(20)28-25(29-24)33-2)21-7-5-4-6-18(21)10-15-34-26/h3-7,19H,1,8-11,13-17H2,2H3. The average Bonchev–Trinajstić information content (AvgIpc) is 2.88. The first-order chi connectivity index (χ1) is 16.6. The molecule has 3 heterocycles. The topological polar surface area (TPSA) is 91.6 Å². The van der Waals surface area contributed by atoms with E-state index in [1.807, 2.05) is 0 Å². The van der Waals surface area contributed by atoms with Crippen molar-refractivity contribution < 1.29 is 14.3 Å². The fourth-order valence-electron chi connectivity index (χ4n) is 5.64. The van der Waals surface area contributed by atoms with Crippen LogP contribution >= 0.6 is 0 Å². The predicted octanol–water partition coefficient (Wildman–Crippen LogP) is 2.56. The smallest absolute Gasteiger partial charge is 0.318 e. The highest BCUT2D eigenvalue weighted by atomic mass is 16.5. The van der Waals surface area contributed by atoms with Gasteiger partial charge in [0.2, 0.25) is 5.91 Å². The molecule has 2 aromatic rings. The summed E-state index contributed by atoms with van der Waals surface area (Å²) >= 11 is 0. The van der Waals surface area contributed by atoms with Crippen molar-refractivity contribution >= 4 is 11.7 Å². The maximum atomic E-state index is 12.3. The molecule has 2 unspecified atom stereocenters. The minimum Gasteiger partial charge on any atom is -0.467 e.